The Labute approximate surface area is 295 Å². The summed E-state index contributed by atoms with van der Waals surface area (Å²) in [6.07, 6.45) is -4.10. The number of halogens is 3. The second-order valence-corrected chi connectivity index (χ2v) is 15.3. The van der Waals surface area contributed by atoms with Crippen LogP contribution in [0.3, 0.4) is 0 Å². The molecule has 0 amide bonds. The molecule has 0 fully saturated rings. The van der Waals surface area contributed by atoms with E-state index in [2.05, 4.69) is 12.1 Å². The number of furan rings is 1. The minimum absolute atomic E-state index is 0.151. The van der Waals surface area contributed by atoms with E-state index < -0.39 is 38.5 Å². The van der Waals surface area contributed by atoms with E-state index in [1.54, 1.807) is 32.9 Å². The summed E-state index contributed by atoms with van der Waals surface area (Å²) < 4.78 is 76.2. The number of rotatable bonds is 9. The lowest BCUT2D eigenvalue weighted by molar-refractivity contribution is -0.219. The van der Waals surface area contributed by atoms with Gasteiger partial charge >= 0.3 is 12.1 Å². The highest BCUT2D eigenvalue weighted by Crippen LogP contribution is 2.41. The monoisotopic (exact) mass is 711 g/mol. The van der Waals surface area contributed by atoms with Crippen LogP contribution in [0.15, 0.2) is 137 Å². The number of hydrogen-bond acceptors (Lipinski definition) is 6. The number of hydroxylamine groups is 2. The molecule has 0 aliphatic carbocycles. The van der Waals surface area contributed by atoms with E-state index in [0.29, 0.717) is 6.42 Å². The van der Waals surface area contributed by atoms with Crippen molar-refractivity contribution in [3.8, 4) is 22.3 Å². The van der Waals surface area contributed by atoms with Crippen molar-refractivity contribution in [2.45, 2.75) is 56.1 Å². The van der Waals surface area contributed by atoms with Crippen molar-refractivity contribution < 1.29 is 35.6 Å². The lowest BCUT2D eigenvalue weighted by atomic mass is 9.96. The zero-order valence-electron chi connectivity index (χ0n) is 28.4. The maximum absolute atomic E-state index is 14.3. The van der Waals surface area contributed by atoms with E-state index in [0.717, 1.165) is 74.7 Å². The van der Waals surface area contributed by atoms with Crippen molar-refractivity contribution in [1.29, 1.82) is 0 Å². The fourth-order valence-electron chi connectivity index (χ4n) is 6.10. The van der Waals surface area contributed by atoms with Crippen molar-refractivity contribution in [2.75, 3.05) is 0 Å². The molecular weight excluding hydrogens is 676 g/mol. The smallest absolute Gasteiger partial charge is 0.416 e. The number of sulfone groups is 1. The molecule has 1 heterocycles. The van der Waals surface area contributed by atoms with Gasteiger partial charge in [-0.05, 0) is 78.9 Å². The molecule has 262 valence electrons. The molecule has 6 nitrogen and oxygen atoms in total. The van der Waals surface area contributed by atoms with Crippen LogP contribution in [0.1, 0.15) is 55.5 Å². The van der Waals surface area contributed by atoms with Gasteiger partial charge in [0.2, 0.25) is 9.84 Å². The quantitative estimate of drug-likeness (QED) is 0.139. The number of carbonyl (C=O) groups is 1. The molecule has 0 aliphatic heterocycles. The highest BCUT2D eigenvalue weighted by Gasteiger charge is 2.43. The Morgan fingerprint density at radius 2 is 1.35 bits per heavy atom. The van der Waals surface area contributed by atoms with Crippen molar-refractivity contribution in [3.05, 3.63) is 150 Å². The highest BCUT2D eigenvalue weighted by atomic mass is 32.2. The van der Waals surface area contributed by atoms with Crippen molar-refractivity contribution in [2.24, 2.45) is 0 Å². The number of fused-ring (bicyclic) bond motifs is 1. The Bertz CT molecular complexity index is 2270. The summed E-state index contributed by atoms with van der Waals surface area (Å²) in [6.45, 7) is 5.93. The highest BCUT2D eigenvalue weighted by molar-refractivity contribution is 7.91. The molecule has 5 aromatic carbocycles. The topological polar surface area (TPSA) is 76.8 Å². The second-order valence-electron chi connectivity index (χ2n) is 13.3. The number of carbonyl (C=O) groups excluding carboxylic acids is 1. The van der Waals surface area contributed by atoms with Gasteiger partial charge in [0.1, 0.15) is 11.3 Å². The molecule has 1 unspecified atom stereocenters. The maximum atomic E-state index is 14.3. The van der Waals surface area contributed by atoms with Crippen LogP contribution in [-0.2, 0) is 32.1 Å². The Balaban J connectivity index is 1.35. The van der Waals surface area contributed by atoms with Gasteiger partial charge in [0.25, 0.3) is 0 Å². The van der Waals surface area contributed by atoms with E-state index in [4.69, 9.17) is 9.25 Å². The summed E-state index contributed by atoms with van der Waals surface area (Å²) in [5, 5.41) is 0.168. The van der Waals surface area contributed by atoms with Gasteiger partial charge in [-0.2, -0.15) is 13.2 Å². The van der Waals surface area contributed by atoms with Crippen LogP contribution in [0, 0.1) is 0 Å². The molecule has 0 bridgehead atoms. The fraction of sp³-hybridized carbons (Fsp3) is 0.195. The first-order chi connectivity index (χ1) is 24.1. The lowest BCUT2D eigenvalue weighted by Crippen LogP contribution is -2.47. The Morgan fingerprint density at radius 3 is 1.96 bits per heavy atom. The molecule has 0 N–H and O–H groups in total. The van der Waals surface area contributed by atoms with Gasteiger partial charge in [0.15, 0.2) is 5.37 Å². The molecule has 0 saturated heterocycles. The van der Waals surface area contributed by atoms with Crippen molar-refractivity contribution in [3.63, 3.8) is 0 Å². The Morgan fingerprint density at radius 1 is 0.765 bits per heavy atom. The second kappa shape index (κ2) is 13.8. The third-order valence-corrected chi connectivity index (χ3v) is 10.4. The largest absolute Gasteiger partial charge is 0.460 e. The average Bonchev–Trinajstić information content (AvgIpc) is 3.45. The molecular formula is C41H36F3NO5S. The number of nitrogens with zero attached hydrogens (tertiary/aromatic N) is 1. The third-order valence-electron chi connectivity index (χ3n) is 8.46. The fourth-order valence-corrected chi connectivity index (χ4v) is 7.99. The van der Waals surface area contributed by atoms with Crippen LogP contribution in [0.25, 0.3) is 33.2 Å². The Kier molecular flexibility index (Phi) is 9.67. The maximum Gasteiger partial charge on any atom is 0.416 e. The van der Waals surface area contributed by atoms with Gasteiger partial charge in [0.05, 0.1) is 16.0 Å². The zero-order chi connectivity index (χ0) is 36.6. The third kappa shape index (κ3) is 7.62. The number of para-hydroxylation sites is 1. The molecule has 1 aromatic heterocycles. The molecule has 6 aromatic rings. The van der Waals surface area contributed by atoms with Gasteiger partial charge in [-0.3, -0.25) is 4.79 Å². The van der Waals surface area contributed by atoms with Crippen LogP contribution >= 0.6 is 0 Å². The summed E-state index contributed by atoms with van der Waals surface area (Å²) in [7, 11) is -4.46. The van der Waals surface area contributed by atoms with E-state index in [9.17, 15) is 26.4 Å². The average molecular weight is 712 g/mol. The first-order valence-corrected chi connectivity index (χ1v) is 17.8. The molecule has 0 spiro atoms. The minimum atomic E-state index is -4.72. The van der Waals surface area contributed by atoms with Crippen molar-refractivity contribution >= 4 is 26.8 Å². The van der Waals surface area contributed by atoms with Crippen LogP contribution in [0.4, 0.5) is 13.2 Å². The first-order valence-electron chi connectivity index (χ1n) is 16.3. The van der Waals surface area contributed by atoms with Crippen LogP contribution in [0.5, 0.6) is 0 Å². The van der Waals surface area contributed by atoms with Crippen LogP contribution < -0.4 is 0 Å². The van der Waals surface area contributed by atoms with E-state index in [1.165, 1.54) is 18.2 Å². The zero-order valence-corrected chi connectivity index (χ0v) is 29.3. The van der Waals surface area contributed by atoms with Gasteiger partial charge in [-0.15, -0.1) is 5.06 Å². The van der Waals surface area contributed by atoms with E-state index >= 15 is 0 Å². The predicted octanol–water partition coefficient (Wildman–Crippen LogP) is 10.4. The summed E-state index contributed by atoms with van der Waals surface area (Å²) >= 11 is 0. The number of benzene rings is 5. The van der Waals surface area contributed by atoms with Gasteiger partial charge in [-0.25, -0.2) is 8.42 Å². The van der Waals surface area contributed by atoms with E-state index in [1.807, 2.05) is 66.7 Å². The summed E-state index contributed by atoms with van der Waals surface area (Å²) in [5.41, 5.74) is 3.10. The standard InChI is InChI=1S/C41H36F3NO5S/c1-27(46)50-45(40(2,3)4)39(32-13-10-14-33(26-32)41(42,43)44)51(47,48)34-23-21-30(22-24-34)29-17-19-31(20-18-29)38-35-15-8-9-16-36(35)49-37(38)25-28-11-6-5-7-12-28/h5-24,26,39H,25H2,1-4H3. The van der Waals surface area contributed by atoms with Crippen LogP contribution in [0.2, 0.25) is 0 Å². The molecule has 10 heteroatoms. The molecule has 0 radical (unpaired) electrons. The summed E-state index contributed by atoms with van der Waals surface area (Å²) in [5.74, 6) is 0.0320. The minimum Gasteiger partial charge on any atom is -0.460 e. The normalized spacial score (nSPS) is 13.0. The summed E-state index contributed by atoms with van der Waals surface area (Å²) in [6, 6.07) is 36.0. The SMILES string of the molecule is CC(=O)ON(C(c1cccc(C(F)(F)F)c1)S(=O)(=O)c1ccc(-c2ccc(-c3c(Cc4ccccc4)oc4ccccc34)cc2)cc1)C(C)(C)C. The first kappa shape index (κ1) is 35.6. The van der Waals surface area contributed by atoms with E-state index in [-0.39, 0.29) is 10.5 Å². The number of alkyl halides is 3. The summed E-state index contributed by atoms with van der Waals surface area (Å²) in [4.78, 5) is 17.4. The van der Waals surface area contributed by atoms with Gasteiger partial charge in [-0.1, -0.05) is 97.1 Å². The Hall–Kier alpha value is -5.19. The number of hydrogen-bond donors (Lipinski definition) is 0. The van der Waals surface area contributed by atoms with Gasteiger partial charge in [0, 0.05) is 24.3 Å². The molecule has 1 atom stereocenters. The van der Waals surface area contributed by atoms with Crippen LogP contribution in [-0.4, -0.2) is 25.0 Å². The lowest BCUT2D eigenvalue weighted by Gasteiger charge is -2.38. The molecule has 0 saturated carbocycles. The molecule has 6 rings (SSSR count). The van der Waals surface area contributed by atoms with Crippen molar-refractivity contribution in [1.82, 2.24) is 5.06 Å². The molecule has 51 heavy (non-hydrogen) atoms. The van der Waals surface area contributed by atoms with Gasteiger partial charge < -0.3 is 9.25 Å². The predicted molar refractivity (Wildman–Crippen MR) is 191 cm³/mol. The molecule has 0 aliphatic rings.